The van der Waals surface area contributed by atoms with E-state index in [4.69, 9.17) is 12.8 Å². The summed E-state index contributed by atoms with van der Waals surface area (Å²) < 4.78 is 0. The van der Waals surface area contributed by atoms with Gasteiger partial charge in [-0.2, -0.15) is 0 Å². The predicted octanol–water partition coefficient (Wildman–Crippen LogP) is 2.74. The van der Waals surface area contributed by atoms with Gasteiger partial charge in [0.05, 0.1) is 0 Å². The van der Waals surface area contributed by atoms with Crippen LogP contribution in [-0.2, 0) is 0 Å². The van der Waals surface area contributed by atoms with Crippen molar-refractivity contribution in [1.29, 1.82) is 0 Å². The van der Waals surface area contributed by atoms with Crippen LogP contribution in [0.5, 0.6) is 0 Å². The van der Waals surface area contributed by atoms with Crippen molar-refractivity contribution in [1.82, 2.24) is 0 Å². The van der Waals surface area contributed by atoms with E-state index in [9.17, 15) is 0 Å². The van der Waals surface area contributed by atoms with Gasteiger partial charge in [0.1, 0.15) is 0 Å². The number of allylic oxidation sites excluding steroid dienone is 2. The van der Waals surface area contributed by atoms with Crippen LogP contribution < -0.4 is 0 Å². The van der Waals surface area contributed by atoms with Gasteiger partial charge in [-0.1, -0.05) is 48.2 Å². The Balaban J connectivity index is 0. The summed E-state index contributed by atoms with van der Waals surface area (Å²) in [5.41, 5.74) is 0. The molecule has 1 aromatic rings. The van der Waals surface area contributed by atoms with Gasteiger partial charge in [-0.05, 0) is 12.2 Å². The third kappa shape index (κ3) is 8.08. The van der Waals surface area contributed by atoms with Crippen LogP contribution in [0.1, 0.15) is 1.43 Å². The summed E-state index contributed by atoms with van der Waals surface area (Å²) >= 11 is 0. The standard InChI is InChI=1S/C6H6.C6H4.H2/c1-2-4-6-5-3-1;1-3-5-6-4-2;/h1-6H;1-2,5-6H;1H/b;6-5-;/i;;1+1. The molecule has 0 aliphatic rings. The normalized spacial score (nSPS) is 7.50. The third-order valence-electron chi connectivity index (χ3n) is 0.942. The first-order valence-corrected chi connectivity index (χ1v) is 3.49. The Hall–Kier alpha value is -1.92. The molecular formula is C12H12. The number of hydrogen-bond donors (Lipinski definition) is 0. The van der Waals surface area contributed by atoms with Crippen molar-refractivity contribution in [3.8, 4) is 24.7 Å². The highest BCUT2D eigenvalue weighted by atomic mass is 13.6. The molecule has 0 radical (unpaired) electrons. The van der Waals surface area contributed by atoms with Crippen LogP contribution in [0.25, 0.3) is 0 Å². The molecule has 0 fully saturated rings. The maximum Gasteiger partial charge on any atom is 0 e. The molecule has 0 aromatic heterocycles. The maximum atomic E-state index is 4.78. The molecule has 1 rings (SSSR count). The first-order valence-electron chi connectivity index (χ1n) is 3.49. The number of rotatable bonds is 0. The molecule has 0 heterocycles. The van der Waals surface area contributed by atoms with E-state index in [0.717, 1.165) is 0 Å². The first kappa shape index (κ1) is 10.1. The molecule has 0 N–H and O–H groups in total. The summed E-state index contributed by atoms with van der Waals surface area (Å²) in [4.78, 5) is 0. The zero-order valence-corrected chi connectivity index (χ0v) is 6.77. The fraction of sp³-hybridized carbons (Fsp3) is 0. The SMILES string of the molecule is C#C/C=C\C#C.[2HH].c1ccccc1. The van der Waals surface area contributed by atoms with Crippen molar-refractivity contribution in [3.63, 3.8) is 0 Å². The lowest BCUT2D eigenvalue weighted by Crippen LogP contribution is -1.47. The second kappa shape index (κ2) is 9.08. The van der Waals surface area contributed by atoms with Crippen molar-refractivity contribution in [2.75, 3.05) is 0 Å². The molecule has 0 nitrogen and oxygen atoms in total. The largest absolute Gasteiger partial charge is 0.115 e. The zero-order valence-electron chi connectivity index (χ0n) is 6.77. The monoisotopic (exact) mass is 157 g/mol. The molecule has 0 unspecified atom stereocenters. The molecular weight excluding hydrogens is 144 g/mol. The molecule has 0 saturated carbocycles. The Kier molecular flexibility index (Phi) is 7.63. The molecule has 0 aliphatic heterocycles. The Morgan fingerprint density at radius 3 is 1.17 bits per heavy atom. The van der Waals surface area contributed by atoms with E-state index < -0.39 is 0 Å². The van der Waals surface area contributed by atoms with E-state index in [-0.39, 0.29) is 1.43 Å². The van der Waals surface area contributed by atoms with Crippen LogP contribution >= 0.6 is 0 Å². The smallest absolute Gasteiger partial charge is 0 e. The molecule has 0 amide bonds. The van der Waals surface area contributed by atoms with Gasteiger partial charge in [0.25, 0.3) is 0 Å². The van der Waals surface area contributed by atoms with Crippen LogP contribution in [-0.4, -0.2) is 0 Å². The van der Waals surface area contributed by atoms with E-state index in [2.05, 4.69) is 11.8 Å². The van der Waals surface area contributed by atoms with Gasteiger partial charge in [0.15, 0.2) is 0 Å². The Labute approximate surface area is 75.4 Å². The van der Waals surface area contributed by atoms with E-state index in [1.54, 1.807) is 0 Å². The molecule has 12 heavy (non-hydrogen) atoms. The summed E-state index contributed by atoms with van der Waals surface area (Å²) in [7, 11) is 0. The van der Waals surface area contributed by atoms with Crippen molar-refractivity contribution < 1.29 is 1.43 Å². The zero-order chi connectivity index (χ0) is 9.07. The molecule has 0 heteroatoms. The third-order valence-corrected chi connectivity index (χ3v) is 0.942. The minimum atomic E-state index is 0. The lowest BCUT2D eigenvalue weighted by atomic mass is 10.4. The summed E-state index contributed by atoms with van der Waals surface area (Å²) in [6.45, 7) is 0. The molecule has 0 aliphatic carbocycles. The van der Waals surface area contributed by atoms with E-state index in [0.29, 0.717) is 0 Å². The van der Waals surface area contributed by atoms with Crippen LogP contribution in [0.2, 0.25) is 0 Å². The van der Waals surface area contributed by atoms with Crippen LogP contribution in [0.15, 0.2) is 48.6 Å². The van der Waals surface area contributed by atoms with Crippen LogP contribution in [0, 0.1) is 24.7 Å². The van der Waals surface area contributed by atoms with Crippen molar-refractivity contribution >= 4 is 0 Å². The lowest BCUT2D eigenvalue weighted by molar-refractivity contribution is 1.72. The van der Waals surface area contributed by atoms with E-state index in [1.165, 1.54) is 12.2 Å². The molecule has 0 bridgehead atoms. The highest BCUT2D eigenvalue weighted by Crippen LogP contribution is 1.79. The summed E-state index contributed by atoms with van der Waals surface area (Å²) in [5, 5.41) is 0. The summed E-state index contributed by atoms with van der Waals surface area (Å²) in [6, 6.07) is 12.0. The van der Waals surface area contributed by atoms with Crippen molar-refractivity contribution in [3.05, 3.63) is 48.6 Å². The topological polar surface area (TPSA) is 0 Å². The van der Waals surface area contributed by atoms with Gasteiger partial charge >= 0.3 is 0 Å². The van der Waals surface area contributed by atoms with Gasteiger partial charge < -0.3 is 0 Å². The molecule has 0 atom stereocenters. The van der Waals surface area contributed by atoms with Crippen LogP contribution in [0.4, 0.5) is 0 Å². The number of hydrogen-bond acceptors (Lipinski definition) is 0. The average Bonchev–Trinajstić information content (AvgIpc) is 2.18. The van der Waals surface area contributed by atoms with Gasteiger partial charge in [0.2, 0.25) is 0 Å². The average molecular weight is 157 g/mol. The predicted molar refractivity (Wildman–Crippen MR) is 55.4 cm³/mol. The van der Waals surface area contributed by atoms with Crippen molar-refractivity contribution in [2.45, 2.75) is 0 Å². The molecule has 0 spiro atoms. The van der Waals surface area contributed by atoms with Gasteiger partial charge in [-0.15, -0.1) is 12.8 Å². The quantitative estimate of drug-likeness (QED) is 0.508. The Bertz CT molecular complexity index is 242. The fourth-order valence-corrected chi connectivity index (χ4v) is 0.481. The molecule has 1 aromatic carbocycles. The molecule has 0 saturated heterocycles. The van der Waals surface area contributed by atoms with E-state index >= 15 is 0 Å². The Morgan fingerprint density at radius 1 is 0.750 bits per heavy atom. The maximum absolute atomic E-state index is 4.78. The van der Waals surface area contributed by atoms with Gasteiger partial charge in [0, 0.05) is 1.43 Å². The molecule has 60 valence electrons. The number of terminal acetylenes is 2. The van der Waals surface area contributed by atoms with Gasteiger partial charge in [-0.3, -0.25) is 0 Å². The summed E-state index contributed by atoms with van der Waals surface area (Å²) in [5.74, 6) is 4.49. The fourth-order valence-electron chi connectivity index (χ4n) is 0.481. The summed E-state index contributed by atoms with van der Waals surface area (Å²) in [6.07, 6.45) is 12.5. The van der Waals surface area contributed by atoms with E-state index in [1.807, 2.05) is 36.4 Å². The minimum absolute atomic E-state index is 0. The highest BCUT2D eigenvalue weighted by Gasteiger charge is 1.57. The van der Waals surface area contributed by atoms with Gasteiger partial charge in [-0.25, -0.2) is 0 Å². The second-order valence-electron chi connectivity index (χ2n) is 1.82. The van der Waals surface area contributed by atoms with Crippen molar-refractivity contribution in [2.24, 2.45) is 0 Å². The Morgan fingerprint density at radius 2 is 1.00 bits per heavy atom. The van der Waals surface area contributed by atoms with Crippen LogP contribution in [0.3, 0.4) is 0 Å². The number of benzene rings is 1. The second-order valence-corrected chi connectivity index (χ2v) is 1.82. The lowest BCUT2D eigenvalue weighted by Gasteiger charge is -1.69. The minimum Gasteiger partial charge on any atom is -0.115 e. The highest BCUT2D eigenvalue weighted by molar-refractivity contribution is 5.19. The first-order chi connectivity index (χ1) is 5.91.